The topological polar surface area (TPSA) is 70.2 Å². The standard InChI is InChI=1S/C16H21N3O2/c20-15-4-2-12-9-13(1-3-14(12)19-15)16(21)18-10-11-5-7-17-8-6-11/h1,3,9,11,17H,2,4-8,10H2,(H,18,21)(H,19,20). The molecule has 2 aliphatic rings. The zero-order valence-corrected chi connectivity index (χ0v) is 12.1. The van der Waals surface area contributed by atoms with Gasteiger partial charge in [-0.15, -0.1) is 0 Å². The molecule has 0 aromatic heterocycles. The van der Waals surface area contributed by atoms with Gasteiger partial charge in [-0.3, -0.25) is 9.59 Å². The minimum atomic E-state index is -0.0202. The van der Waals surface area contributed by atoms with Crippen LogP contribution in [0.15, 0.2) is 18.2 Å². The van der Waals surface area contributed by atoms with E-state index < -0.39 is 0 Å². The van der Waals surface area contributed by atoms with E-state index in [0.29, 0.717) is 24.3 Å². The van der Waals surface area contributed by atoms with Gasteiger partial charge in [0, 0.05) is 24.2 Å². The molecule has 0 saturated carbocycles. The van der Waals surface area contributed by atoms with Crippen molar-refractivity contribution in [2.45, 2.75) is 25.7 Å². The summed E-state index contributed by atoms with van der Waals surface area (Å²) >= 11 is 0. The first-order valence-electron chi connectivity index (χ1n) is 7.64. The largest absolute Gasteiger partial charge is 0.352 e. The van der Waals surface area contributed by atoms with E-state index in [-0.39, 0.29) is 11.8 Å². The van der Waals surface area contributed by atoms with Gasteiger partial charge in [-0.25, -0.2) is 0 Å². The van der Waals surface area contributed by atoms with Crippen molar-refractivity contribution < 1.29 is 9.59 Å². The summed E-state index contributed by atoms with van der Waals surface area (Å²) in [6.45, 7) is 2.83. The molecule has 5 heteroatoms. The Morgan fingerprint density at radius 3 is 2.86 bits per heavy atom. The molecule has 1 aromatic carbocycles. The van der Waals surface area contributed by atoms with Gasteiger partial charge in [0.05, 0.1) is 0 Å². The van der Waals surface area contributed by atoms with E-state index in [4.69, 9.17) is 0 Å². The molecule has 0 radical (unpaired) electrons. The number of benzene rings is 1. The van der Waals surface area contributed by atoms with Gasteiger partial charge in [-0.05, 0) is 62.0 Å². The quantitative estimate of drug-likeness (QED) is 0.785. The van der Waals surface area contributed by atoms with Crippen molar-refractivity contribution in [3.8, 4) is 0 Å². The average molecular weight is 287 g/mol. The van der Waals surface area contributed by atoms with Crippen LogP contribution >= 0.6 is 0 Å². The van der Waals surface area contributed by atoms with Crippen LogP contribution in [-0.4, -0.2) is 31.4 Å². The Morgan fingerprint density at radius 1 is 1.24 bits per heavy atom. The Labute approximate surface area is 124 Å². The summed E-state index contributed by atoms with van der Waals surface area (Å²) in [4.78, 5) is 23.6. The molecule has 0 aliphatic carbocycles. The number of aryl methyl sites for hydroxylation is 1. The highest BCUT2D eigenvalue weighted by Gasteiger charge is 2.18. The van der Waals surface area contributed by atoms with Crippen molar-refractivity contribution in [1.29, 1.82) is 0 Å². The normalized spacial score (nSPS) is 18.8. The first-order chi connectivity index (χ1) is 10.2. The SMILES string of the molecule is O=C1CCc2cc(C(=O)NCC3CCNCC3)ccc2N1. The molecule has 0 spiro atoms. The third-order valence-corrected chi connectivity index (χ3v) is 4.27. The highest BCUT2D eigenvalue weighted by Crippen LogP contribution is 2.23. The van der Waals surface area contributed by atoms with Crippen LogP contribution in [0.3, 0.4) is 0 Å². The second-order valence-corrected chi connectivity index (χ2v) is 5.82. The number of carbonyl (C=O) groups excluding carboxylic acids is 2. The van der Waals surface area contributed by atoms with Gasteiger partial charge >= 0.3 is 0 Å². The minimum absolute atomic E-state index is 0.0202. The molecule has 5 nitrogen and oxygen atoms in total. The van der Waals surface area contributed by atoms with E-state index in [2.05, 4.69) is 16.0 Å². The summed E-state index contributed by atoms with van der Waals surface area (Å²) in [6.07, 6.45) is 3.44. The summed E-state index contributed by atoms with van der Waals surface area (Å²) < 4.78 is 0. The number of fused-ring (bicyclic) bond motifs is 1. The molecule has 3 N–H and O–H groups in total. The summed E-state index contributed by atoms with van der Waals surface area (Å²) in [5.74, 6) is 0.603. The second-order valence-electron chi connectivity index (χ2n) is 5.82. The highest BCUT2D eigenvalue weighted by atomic mass is 16.2. The Balaban J connectivity index is 1.60. The number of amides is 2. The molecule has 1 aromatic rings. The molecule has 1 fully saturated rings. The maximum atomic E-state index is 12.2. The van der Waals surface area contributed by atoms with Crippen LogP contribution in [0.2, 0.25) is 0 Å². The zero-order valence-electron chi connectivity index (χ0n) is 12.1. The van der Waals surface area contributed by atoms with Gasteiger partial charge < -0.3 is 16.0 Å². The van der Waals surface area contributed by atoms with Gasteiger partial charge in [-0.2, -0.15) is 0 Å². The third-order valence-electron chi connectivity index (χ3n) is 4.27. The van der Waals surface area contributed by atoms with Crippen molar-refractivity contribution >= 4 is 17.5 Å². The number of piperidine rings is 1. The smallest absolute Gasteiger partial charge is 0.251 e. The lowest BCUT2D eigenvalue weighted by Gasteiger charge is -2.23. The lowest BCUT2D eigenvalue weighted by molar-refractivity contribution is -0.116. The van der Waals surface area contributed by atoms with Crippen molar-refractivity contribution in [1.82, 2.24) is 10.6 Å². The minimum Gasteiger partial charge on any atom is -0.352 e. The van der Waals surface area contributed by atoms with E-state index >= 15 is 0 Å². The van der Waals surface area contributed by atoms with Gasteiger partial charge in [0.1, 0.15) is 0 Å². The Kier molecular flexibility index (Phi) is 4.20. The Bertz CT molecular complexity index is 550. The van der Waals surface area contributed by atoms with E-state index in [0.717, 1.165) is 43.7 Å². The van der Waals surface area contributed by atoms with Gasteiger partial charge in [0.2, 0.25) is 5.91 Å². The lowest BCUT2D eigenvalue weighted by atomic mass is 9.97. The number of hydrogen-bond donors (Lipinski definition) is 3. The van der Waals surface area contributed by atoms with Gasteiger partial charge in [-0.1, -0.05) is 0 Å². The fraction of sp³-hybridized carbons (Fsp3) is 0.500. The Hall–Kier alpha value is -1.88. The average Bonchev–Trinajstić information content (AvgIpc) is 2.53. The maximum absolute atomic E-state index is 12.2. The van der Waals surface area contributed by atoms with Gasteiger partial charge in [0.15, 0.2) is 0 Å². The van der Waals surface area contributed by atoms with E-state index in [1.54, 1.807) is 6.07 Å². The van der Waals surface area contributed by atoms with E-state index in [9.17, 15) is 9.59 Å². The first-order valence-corrected chi connectivity index (χ1v) is 7.64. The fourth-order valence-corrected chi connectivity index (χ4v) is 2.95. The molecule has 0 bridgehead atoms. The van der Waals surface area contributed by atoms with Crippen LogP contribution in [0.1, 0.15) is 35.2 Å². The predicted octanol–water partition coefficient (Wildman–Crippen LogP) is 1.30. The summed E-state index contributed by atoms with van der Waals surface area (Å²) in [6, 6.07) is 5.50. The second kappa shape index (κ2) is 6.26. The van der Waals surface area contributed by atoms with E-state index in [1.165, 1.54) is 0 Å². The van der Waals surface area contributed by atoms with Crippen molar-refractivity contribution in [3.05, 3.63) is 29.3 Å². The monoisotopic (exact) mass is 287 g/mol. The van der Waals surface area contributed by atoms with Crippen molar-refractivity contribution in [2.24, 2.45) is 5.92 Å². The molecule has 0 atom stereocenters. The number of hydrogen-bond acceptors (Lipinski definition) is 3. The maximum Gasteiger partial charge on any atom is 0.251 e. The van der Waals surface area contributed by atoms with Crippen LogP contribution in [0.4, 0.5) is 5.69 Å². The number of carbonyl (C=O) groups is 2. The predicted molar refractivity (Wildman–Crippen MR) is 81.3 cm³/mol. The zero-order chi connectivity index (χ0) is 14.7. The third kappa shape index (κ3) is 3.42. The first kappa shape index (κ1) is 14.1. The molecule has 2 aliphatic heterocycles. The Morgan fingerprint density at radius 2 is 2.05 bits per heavy atom. The van der Waals surface area contributed by atoms with Gasteiger partial charge in [0.25, 0.3) is 5.91 Å². The fourth-order valence-electron chi connectivity index (χ4n) is 2.95. The van der Waals surface area contributed by atoms with Crippen LogP contribution in [0.5, 0.6) is 0 Å². The van der Waals surface area contributed by atoms with Crippen LogP contribution in [-0.2, 0) is 11.2 Å². The number of anilines is 1. The molecular formula is C16H21N3O2. The van der Waals surface area contributed by atoms with E-state index in [1.807, 2.05) is 12.1 Å². The van der Waals surface area contributed by atoms with Crippen molar-refractivity contribution in [3.63, 3.8) is 0 Å². The molecular weight excluding hydrogens is 266 g/mol. The van der Waals surface area contributed by atoms with Crippen LogP contribution < -0.4 is 16.0 Å². The van der Waals surface area contributed by atoms with Crippen LogP contribution in [0, 0.1) is 5.92 Å². The molecule has 3 rings (SSSR count). The molecule has 21 heavy (non-hydrogen) atoms. The highest BCUT2D eigenvalue weighted by molar-refractivity contribution is 5.97. The summed E-state index contributed by atoms with van der Waals surface area (Å²) in [5.41, 5.74) is 2.56. The van der Waals surface area contributed by atoms with Crippen molar-refractivity contribution in [2.75, 3.05) is 25.0 Å². The van der Waals surface area contributed by atoms with Crippen LogP contribution in [0.25, 0.3) is 0 Å². The lowest BCUT2D eigenvalue weighted by Crippen LogP contribution is -2.36. The molecule has 2 heterocycles. The molecule has 2 amide bonds. The summed E-state index contributed by atoms with van der Waals surface area (Å²) in [5, 5.41) is 9.19. The molecule has 1 saturated heterocycles. The summed E-state index contributed by atoms with van der Waals surface area (Å²) in [7, 11) is 0. The molecule has 112 valence electrons. The number of nitrogens with one attached hydrogen (secondary N) is 3. The number of rotatable bonds is 3. The molecule has 0 unspecified atom stereocenters.